The van der Waals surface area contributed by atoms with Gasteiger partial charge in [0.25, 0.3) is 0 Å². The molecule has 1 heterocycles. The van der Waals surface area contributed by atoms with Crippen molar-refractivity contribution < 1.29 is 9.90 Å². The first-order valence-electron chi connectivity index (χ1n) is 5.35. The fraction of sp³-hybridized carbons (Fsp3) is 0.417. The van der Waals surface area contributed by atoms with Gasteiger partial charge in [0.2, 0.25) is 0 Å². The zero-order valence-electron chi connectivity index (χ0n) is 8.90. The van der Waals surface area contributed by atoms with Crippen LogP contribution in [0.4, 0.5) is 0 Å². The molecule has 0 spiro atoms. The molecule has 1 saturated heterocycles. The van der Waals surface area contributed by atoms with Crippen LogP contribution < -0.4 is 0 Å². The van der Waals surface area contributed by atoms with Crippen LogP contribution in [0.1, 0.15) is 12.0 Å². The number of benzene rings is 1. The fourth-order valence-electron chi connectivity index (χ4n) is 2.03. The minimum atomic E-state index is -0.682. The first-order chi connectivity index (χ1) is 7.65. The van der Waals surface area contributed by atoms with E-state index < -0.39 is 5.97 Å². The highest BCUT2D eigenvalue weighted by molar-refractivity contribution is 6.30. The maximum atomic E-state index is 10.8. The summed E-state index contributed by atoms with van der Waals surface area (Å²) in [6.07, 6.45) is 0.753. The van der Waals surface area contributed by atoms with Crippen molar-refractivity contribution in [1.29, 1.82) is 0 Å². The Balaban J connectivity index is 1.92. The van der Waals surface area contributed by atoms with Gasteiger partial charge in [-0.2, -0.15) is 0 Å². The summed E-state index contributed by atoms with van der Waals surface area (Å²) in [6.45, 7) is 2.32. The minimum absolute atomic E-state index is 0.202. The zero-order valence-corrected chi connectivity index (χ0v) is 9.65. The first kappa shape index (κ1) is 11.4. The molecule has 0 bridgehead atoms. The molecule has 0 aromatic heterocycles. The highest BCUT2D eigenvalue weighted by Crippen LogP contribution is 2.19. The van der Waals surface area contributed by atoms with E-state index in [9.17, 15) is 4.79 Å². The molecule has 1 aliphatic rings. The van der Waals surface area contributed by atoms with Crippen molar-refractivity contribution in [3.05, 3.63) is 34.9 Å². The van der Waals surface area contributed by atoms with E-state index in [1.807, 2.05) is 24.3 Å². The van der Waals surface area contributed by atoms with Crippen molar-refractivity contribution >= 4 is 17.6 Å². The van der Waals surface area contributed by atoms with Crippen molar-refractivity contribution in [3.8, 4) is 0 Å². The number of rotatable bonds is 3. The number of halogens is 1. The van der Waals surface area contributed by atoms with E-state index in [2.05, 4.69) is 4.90 Å². The number of hydrogen-bond donors (Lipinski definition) is 1. The van der Waals surface area contributed by atoms with Gasteiger partial charge >= 0.3 is 5.97 Å². The third-order valence-corrected chi connectivity index (χ3v) is 3.19. The van der Waals surface area contributed by atoms with Gasteiger partial charge in [-0.25, -0.2) is 0 Å². The van der Waals surface area contributed by atoms with Crippen LogP contribution in [0.15, 0.2) is 24.3 Å². The molecule has 16 heavy (non-hydrogen) atoms. The van der Waals surface area contributed by atoms with E-state index in [-0.39, 0.29) is 5.92 Å². The van der Waals surface area contributed by atoms with Crippen LogP contribution in [0, 0.1) is 5.92 Å². The Morgan fingerprint density at radius 1 is 1.44 bits per heavy atom. The van der Waals surface area contributed by atoms with Crippen LogP contribution in [0.3, 0.4) is 0 Å². The standard InChI is InChI=1S/C12H14ClNO2/c13-11-3-1-9(2-4-11)7-14-6-5-10(8-14)12(15)16/h1-4,10H,5-8H2,(H,15,16)/t10-/m1/s1. The molecule has 0 amide bonds. The van der Waals surface area contributed by atoms with Gasteiger partial charge in [0, 0.05) is 18.1 Å². The zero-order chi connectivity index (χ0) is 11.5. The van der Waals surface area contributed by atoms with Crippen LogP contribution in [0.25, 0.3) is 0 Å². The molecule has 1 fully saturated rings. The van der Waals surface area contributed by atoms with Gasteiger partial charge in [-0.15, -0.1) is 0 Å². The molecule has 1 N–H and O–H groups in total. The van der Waals surface area contributed by atoms with Crippen molar-refractivity contribution in [2.75, 3.05) is 13.1 Å². The quantitative estimate of drug-likeness (QED) is 0.880. The summed E-state index contributed by atoms with van der Waals surface area (Å²) < 4.78 is 0. The Morgan fingerprint density at radius 3 is 2.69 bits per heavy atom. The molecule has 0 radical (unpaired) electrons. The van der Waals surface area contributed by atoms with Crippen LogP contribution in [0.5, 0.6) is 0 Å². The van der Waals surface area contributed by atoms with Crippen LogP contribution in [-0.2, 0) is 11.3 Å². The number of likely N-dealkylation sites (tertiary alicyclic amines) is 1. The minimum Gasteiger partial charge on any atom is -0.481 e. The summed E-state index contributed by atoms with van der Waals surface area (Å²) in [4.78, 5) is 13.0. The van der Waals surface area contributed by atoms with Gasteiger partial charge in [-0.05, 0) is 30.7 Å². The predicted octanol–water partition coefficient (Wildman–Crippen LogP) is 2.25. The van der Waals surface area contributed by atoms with E-state index in [0.29, 0.717) is 6.54 Å². The molecule has 1 aromatic rings. The number of carboxylic acids is 1. The molecule has 4 heteroatoms. The average Bonchev–Trinajstić information content (AvgIpc) is 2.70. The second-order valence-electron chi connectivity index (χ2n) is 4.19. The Bertz CT molecular complexity index is 377. The van der Waals surface area contributed by atoms with Crippen LogP contribution in [-0.4, -0.2) is 29.1 Å². The van der Waals surface area contributed by atoms with Gasteiger partial charge in [0.1, 0.15) is 0 Å². The fourth-order valence-corrected chi connectivity index (χ4v) is 2.15. The average molecular weight is 240 g/mol. The monoisotopic (exact) mass is 239 g/mol. The van der Waals surface area contributed by atoms with Crippen molar-refractivity contribution in [3.63, 3.8) is 0 Å². The van der Waals surface area contributed by atoms with Crippen LogP contribution >= 0.6 is 11.6 Å². The van der Waals surface area contributed by atoms with E-state index in [4.69, 9.17) is 16.7 Å². The van der Waals surface area contributed by atoms with Gasteiger partial charge in [0.15, 0.2) is 0 Å². The van der Waals surface area contributed by atoms with Gasteiger partial charge < -0.3 is 5.11 Å². The summed E-state index contributed by atoms with van der Waals surface area (Å²) in [6, 6.07) is 7.69. The summed E-state index contributed by atoms with van der Waals surface area (Å²) in [5, 5.41) is 9.62. The summed E-state index contributed by atoms with van der Waals surface area (Å²) >= 11 is 5.80. The maximum Gasteiger partial charge on any atom is 0.307 e. The molecule has 1 atom stereocenters. The highest BCUT2D eigenvalue weighted by atomic mass is 35.5. The first-order valence-corrected chi connectivity index (χ1v) is 5.72. The summed E-state index contributed by atoms with van der Waals surface area (Å²) in [7, 11) is 0. The third kappa shape index (κ3) is 2.74. The Kier molecular flexibility index (Phi) is 3.46. The number of aliphatic carboxylic acids is 1. The Hall–Kier alpha value is -1.06. The predicted molar refractivity (Wildman–Crippen MR) is 62.5 cm³/mol. The van der Waals surface area contributed by atoms with Crippen LogP contribution in [0.2, 0.25) is 5.02 Å². The van der Waals surface area contributed by atoms with E-state index in [0.717, 1.165) is 24.5 Å². The van der Waals surface area contributed by atoms with E-state index >= 15 is 0 Å². The Labute approximate surface area is 99.6 Å². The lowest BCUT2D eigenvalue weighted by Crippen LogP contribution is -2.22. The molecular formula is C12H14ClNO2. The largest absolute Gasteiger partial charge is 0.481 e. The van der Waals surface area contributed by atoms with E-state index in [1.165, 1.54) is 5.56 Å². The number of hydrogen-bond acceptors (Lipinski definition) is 2. The summed E-state index contributed by atoms with van der Waals surface area (Å²) in [5.74, 6) is -0.883. The molecular weight excluding hydrogens is 226 g/mol. The maximum absolute atomic E-state index is 10.8. The second-order valence-corrected chi connectivity index (χ2v) is 4.62. The topological polar surface area (TPSA) is 40.5 Å². The molecule has 0 saturated carbocycles. The second kappa shape index (κ2) is 4.85. The van der Waals surface area contributed by atoms with Gasteiger partial charge in [-0.3, -0.25) is 9.69 Å². The Morgan fingerprint density at radius 2 is 2.12 bits per heavy atom. The number of nitrogens with zero attached hydrogens (tertiary/aromatic N) is 1. The molecule has 86 valence electrons. The third-order valence-electron chi connectivity index (χ3n) is 2.94. The van der Waals surface area contributed by atoms with Gasteiger partial charge in [0.05, 0.1) is 5.92 Å². The lowest BCUT2D eigenvalue weighted by atomic mass is 10.1. The lowest BCUT2D eigenvalue weighted by Gasteiger charge is -2.14. The SMILES string of the molecule is O=C(O)[C@@H]1CCN(Cc2ccc(Cl)cc2)C1. The molecule has 0 aliphatic carbocycles. The molecule has 3 nitrogen and oxygen atoms in total. The lowest BCUT2D eigenvalue weighted by molar-refractivity contribution is -0.141. The summed E-state index contributed by atoms with van der Waals surface area (Å²) in [5.41, 5.74) is 1.18. The number of carbonyl (C=O) groups is 1. The van der Waals surface area contributed by atoms with Gasteiger partial charge in [-0.1, -0.05) is 23.7 Å². The molecule has 0 unspecified atom stereocenters. The highest BCUT2D eigenvalue weighted by Gasteiger charge is 2.27. The van der Waals surface area contributed by atoms with Crippen molar-refractivity contribution in [2.24, 2.45) is 5.92 Å². The molecule has 1 aliphatic heterocycles. The molecule has 2 rings (SSSR count). The normalized spacial score (nSPS) is 21.2. The van der Waals surface area contributed by atoms with Crippen molar-refractivity contribution in [1.82, 2.24) is 4.90 Å². The number of carboxylic acid groups (broad SMARTS) is 1. The molecule has 1 aromatic carbocycles. The van der Waals surface area contributed by atoms with Crippen molar-refractivity contribution in [2.45, 2.75) is 13.0 Å². The smallest absolute Gasteiger partial charge is 0.307 e. The van der Waals surface area contributed by atoms with E-state index in [1.54, 1.807) is 0 Å².